The van der Waals surface area contributed by atoms with E-state index in [0.717, 1.165) is 0 Å². The average molecular weight is 468 g/mol. The van der Waals surface area contributed by atoms with E-state index >= 15 is 0 Å². The van der Waals surface area contributed by atoms with Gasteiger partial charge in [0.25, 0.3) is 5.69 Å². The molecule has 0 fully saturated rings. The first kappa shape index (κ1) is 24.4. The number of hydrogen-bond donors (Lipinski definition) is 1. The van der Waals surface area contributed by atoms with Crippen LogP contribution in [0.15, 0.2) is 51.7 Å². The quantitative estimate of drug-likeness (QED) is 0.250. The highest BCUT2D eigenvalue weighted by Crippen LogP contribution is 2.27. The molecule has 3 rings (SSSR count). The van der Waals surface area contributed by atoms with Crippen LogP contribution < -0.4 is 15.5 Å². The predicted molar refractivity (Wildman–Crippen MR) is 124 cm³/mol. The van der Waals surface area contributed by atoms with E-state index in [2.05, 4.69) is 5.32 Å². The molecule has 1 heterocycles. The number of rotatable bonds is 5. The van der Waals surface area contributed by atoms with Crippen LogP contribution in [0.3, 0.4) is 0 Å². The van der Waals surface area contributed by atoms with Gasteiger partial charge in [0.2, 0.25) is 5.43 Å². The summed E-state index contributed by atoms with van der Waals surface area (Å²) in [6, 6.07) is 8.92. The second-order valence-corrected chi connectivity index (χ2v) is 8.61. The van der Waals surface area contributed by atoms with Crippen molar-refractivity contribution in [3.63, 3.8) is 0 Å². The van der Waals surface area contributed by atoms with Crippen LogP contribution in [0.2, 0.25) is 0 Å². The highest BCUT2D eigenvalue weighted by molar-refractivity contribution is 5.86. The number of nitro groups is 1. The average Bonchev–Trinajstić information content (AvgIpc) is 2.72. The number of ether oxygens (including phenoxy) is 2. The monoisotopic (exact) mass is 468 g/mol. The zero-order chi connectivity index (χ0) is 25.2. The van der Waals surface area contributed by atoms with Crippen LogP contribution in [-0.4, -0.2) is 28.6 Å². The zero-order valence-electron chi connectivity index (χ0n) is 19.3. The van der Waals surface area contributed by atoms with Gasteiger partial charge in [-0.2, -0.15) is 0 Å². The number of benzene rings is 2. The summed E-state index contributed by atoms with van der Waals surface area (Å²) in [7, 11) is 0. The van der Waals surface area contributed by atoms with Crippen molar-refractivity contribution >= 4 is 28.7 Å². The van der Waals surface area contributed by atoms with E-state index in [1.54, 1.807) is 27.7 Å². The van der Waals surface area contributed by atoms with Gasteiger partial charge in [0.15, 0.2) is 0 Å². The third-order valence-electron chi connectivity index (χ3n) is 4.71. The van der Waals surface area contributed by atoms with Crippen molar-refractivity contribution in [3.8, 4) is 16.9 Å². The number of nitrogens with one attached hydrogen (secondary N) is 1. The Hall–Kier alpha value is -4.21. The molecule has 3 aromatic rings. The maximum atomic E-state index is 13.1. The lowest BCUT2D eigenvalue weighted by Gasteiger charge is -2.21. The molecule has 34 heavy (non-hydrogen) atoms. The van der Waals surface area contributed by atoms with Crippen LogP contribution in [0, 0.1) is 17.0 Å². The second kappa shape index (κ2) is 9.34. The third kappa shape index (κ3) is 5.58. The molecular formula is C24H24N2O8. The Morgan fingerprint density at radius 3 is 2.35 bits per heavy atom. The summed E-state index contributed by atoms with van der Waals surface area (Å²) in [6.07, 6.45) is -0.754. The summed E-state index contributed by atoms with van der Waals surface area (Å²) >= 11 is 0. The van der Waals surface area contributed by atoms with Crippen molar-refractivity contribution in [1.82, 2.24) is 5.32 Å². The predicted octanol–water partition coefficient (Wildman–Crippen LogP) is 4.50. The molecule has 0 unspecified atom stereocenters. The number of amides is 1. The molecule has 178 valence electrons. The maximum absolute atomic E-state index is 13.1. The van der Waals surface area contributed by atoms with Gasteiger partial charge in [0.05, 0.1) is 15.9 Å². The molecule has 1 aromatic heterocycles. The third-order valence-corrected chi connectivity index (χ3v) is 4.71. The number of nitro benzene ring substituents is 1. The molecule has 0 aliphatic carbocycles. The molecule has 2 aromatic carbocycles. The molecule has 10 nitrogen and oxygen atoms in total. The molecule has 1 atom stereocenters. The minimum Gasteiger partial charge on any atom is -0.460 e. The number of nitrogens with zero attached hydrogens (tertiary/aromatic N) is 1. The van der Waals surface area contributed by atoms with Gasteiger partial charge in [0.1, 0.15) is 28.7 Å². The molecule has 0 spiro atoms. The Bertz CT molecular complexity index is 1320. The Kier molecular flexibility index (Phi) is 6.71. The first-order chi connectivity index (χ1) is 15.9. The standard InChI is InChI=1S/C24H24N2O8/c1-13(25-23(29)34-24(3,4)5)22(28)33-17-10-11-18-19(12-17)32-14(2)20(21(18)27)15-6-8-16(9-7-15)26(30)31/h6-13H,1-5H3,(H,25,29)/t13-/m0/s1. The number of esters is 1. The van der Waals surface area contributed by atoms with Gasteiger partial charge in [-0.1, -0.05) is 0 Å². The molecule has 0 bridgehead atoms. The highest BCUT2D eigenvalue weighted by Gasteiger charge is 2.23. The zero-order valence-corrected chi connectivity index (χ0v) is 19.3. The normalized spacial score (nSPS) is 12.1. The summed E-state index contributed by atoms with van der Waals surface area (Å²) in [6.45, 7) is 8.16. The minimum atomic E-state index is -0.983. The highest BCUT2D eigenvalue weighted by atomic mass is 16.6. The smallest absolute Gasteiger partial charge is 0.408 e. The lowest BCUT2D eigenvalue weighted by molar-refractivity contribution is -0.384. The summed E-state index contributed by atoms with van der Waals surface area (Å²) in [5.74, 6) is -0.303. The van der Waals surface area contributed by atoms with E-state index in [9.17, 15) is 24.5 Å². The summed E-state index contributed by atoms with van der Waals surface area (Å²) in [5, 5.41) is 13.5. The van der Waals surface area contributed by atoms with Crippen molar-refractivity contribution in [2.24, 2.45) is 0 Å². The van der Waals surface area contributed by atoms with E-state index < -0.39 is 28.6 Å². The first-order valence-electron chi connectivity index (χ1n) is 10.4. The first-order valence-corrected chi connectivity index (χ1v) is 10.4. The summed E-state index contributed by atoms with van der Waals surface area (Å²) in [4.78, 5) is 47.7. The fourth-order valence-corrected chi connectivity index (χ4v) is 3.18. The fraction of sp³-hybridized carbons (Fsp3) is 0.292. The lowest BCUT2D eigenvalue weighted by Crippen LogP contribution is -2.43. The van der Waals surface area contributed by atoms with Gasteiger partial charge in [-0.15, -0.1) is 0 Å². The fourth-order valence-electron chi connectivity index (χ4n) is 3.18. The van der Waals surface area contributed by atoms with Gasteiger partial charge >= 0.3 is 12.1 Å². The van der Waals surface area contributed by atoms with Gasteiger partial charge in [-0.05, 0) is 64.4 Å². The summed E-state index contributed by atoms with van der Waals surface area (Å²) < 4.78 is 16.2. The Balaban J connectivity index is 1.83. The Morgan fingerprint density at radius 1 is 1.12 bits per heavy atom. The molecule has 10 heteroatoms. The van der Waals surface area contributed by atoms with E-state index in [4.69, 9.17) is 13.9 Å². The van der Waals surface area contributed by atoms with Crippen molar-refractivity contribution in [2.75, 3.05) is 0 Å². The minimum absolute atomic E-state index is 0.0894. The SMILES string of the molecule is Cc1oc2cc(OC(=O)[C@H](C)NC(=O)OC(C)(C)C)ccc2c(=O)c1-c1ccc([N+](=O)[O-])cc1. The Labute approximate surface area is 194 Å². The molecule has 1 amide bonds. The molecule has 0 saturated heterocycles. The maximum Gasteiger partial charge on any atom is 0.408 e. The van der Waals surface area contributed by atoms with Crippen LogP contribution in [0.1, 0.15) is 33.5 Å². The topological polar surface area (TPSA) is 138 Å². The Morgan fingerprint density at radius 2 is 1.76 bits per heavy atom. The van der Waals surface area contributed by atoms with Crippen LogP contribution in [0.5, 0.6) is 5.75 Å². The molecule has 1 N–H and O–H groups in total. The largest absolute Gasteiger partial charge is 0.460 e. The van der Waals surface area contributed by atoms with Gasteiger partial charge < -0.3 is 19.2 Å². The number of fused-ring (bicyclic) bond motifs is 1. The molecule has 0 aliphatic heterocycles. The van der Waals surface area contributed by atoms with Gasteiger partial charge in [-0.3, -0.25) is 14.9 Å². The van der Waals surface area contributed by atoms with Crippen molar-refractivity contribution < 1.29 is 28.4 Å². The molecular weight excluding hydrogens is 444 g/mol. The number of hydrogen-bond acceptors (Lipinski definition) is 8. The van der Waals surface area contributed by atoms with Crippen LogP contribution in [0.25, 0.3) is 22.1 Å². The number of non-ortho nitro benzene ring substituents is 1. The molecule has 0 saturated carbocycles. The van der Waals surface area contributed by atoms with E-state index in [0.29, 0.717) is 11.3 Å². The van der Waals surface area contributed by atoms with Crippen LogP contribution in [0.4, 0.5) is 10.5 Å². The number of aryl methyl sites for hydroxylation is 1. The van der Waals surface area contributed by atoms with Gasteiger partial charge in [0, 0.05) is 18.2 Å². The molecule has 0 radical (unpaired) electrons. The number of alkyl carbamates (subject to hydrolysis) is 1. The number of carbonyl (C=O) groups is 2. The van der Waals surface area contributed by atoms with E-state index in [1.165, 1.54) is 49.4 Å². The van der Waals surface area contributed by atoms with Crippen LogP contribution >= 0.6 is 0 Å². The second-order valence-electron chi connectivity index (χ2n) is 8.61. The van der Waals surface area contributed by atoms with E-state index in [-0.39, 0.29) is 33.4 Å². The van der Waals surface area contributed by atoms with Crippen LogP contribution in [-0.2, 0) is 9.53 Å². The van der Waals surface area contributed by atoms with Crippen molar-refractivity contribution in [3.05, 3.63) is 68.6 Å². The number of carbonyl (C=O) groups excluding carboxylic acids is 2. The van der Waals surface area contributed by atoms with Gasteiger partial charge in [-0.25, -0.2) is 9.59 Å². The van der Waals surface area contributed by atoms with Crippen molar-refractivity contribution in [1.29, 1.82) is 0 Å². The van der Waals surface area contributed by atoms with Crippen molar-refractivity contribution in [2.45, 2.75) is 46.3 Å². The molecule has 0 aliphatic rings. The lowest BCUT2D eigenvalue weighted by atomic mass is 10.0. The summed E-state index contributed by atoms with van der Waals surface area (Å²) in [5.41, 5.74) is -0.168. The van der Waals surface area contributed by atoms with E-state index in [1.807, 2.05) is 0 Å².